The van der Waals surface area contributed by atoms with Gasteiger partial charge >= 0.3 is 0 Å². The maximum Gasteiger partial charge on any atom is 0.244 e. The summed E-state index contributed by atoms with van der Waals surface area (Å²) in [6, 6.07) is 6.57. The van der Waals surface area contributed by atoms with Crippen LogP contribution in [0.3, 0.4) is 0 Å². The van der Waals surface area contributed by atoms with E-state index in [-0.39, 0.29) is 17.3 Å². The fourth-order valence-electron chi connectivity index (χ4n) is 1.49. The molecule has 1 aromatic carbocycles. The number of sulfonamides is 1. The van der Waals surface area contributed by atoms with E-state index in [1.807, 2.05) is 0 Å². The van der Waals surface area contributed by atoms with Gasteiger partial charge in [-0.3, -0.25) is 0 Å². The first-order valence-electron chi connectivity index (χ1n) is 5.95. The number of halogens is 1. The molecule has 0 aliphatic heterocycles. The van der Waals surface area contributed by atoms with Gasteiger partial charge in [0.1, 0.15) is 10.6 Å². The number of rotatable bonds is 8. The molecule has 0 aliphatic carbocycles. The zero-order valence-electron chi connectivity index (χ0n) is 11.2. The maximum atomic E-state index is 12.0. The smallest absolute Gasteiger partial charge is 0.244 e. The van der Waals surface area contributed by atoms with Gasteiger partial charge in [0, 0.05) is 13.1 Å². The van der Waals surface area contributed by atoms with Crippen molar-refractivity contribution >= 4 is 22.4 Å². The van der Waals surface area contributed by atoms with Crippen LogP contribution < -0.4 is 14.8 Å². The van der Waals surface area contributed by atoms with E-state index < -0.39 is 10.0 Å². The topological polar surface area (TPSA) is 67.4 Å². The Morgan fingerprint density at radius 3 is 2.47 bits per heavy atom. The van der Waals surface area contributed by atoms with Gasteiger partial charge in [0.2, 0.25) is 10.0 Å². The first-order valence-corrected chi connectivity index (χ1v) is 7.43. The molecule has 19 heavy (non-hydrogen) atoms. The van der Waals surface area contributed by atoms with E-state index in [1.165, 1.54) is 13.2 Å². The summed E-state index contributed by atoms with van der Waals surface area (Å²) in [7, 11) is -2.05. The summed E-state index contributed by atoms with van der Waals surface area (Å²) in [5.41, 5.74) is 0. The van der Waals surface area contributed by atoms with Crippen LogP contribution in [0.4, 0.5) is 0 Å². The monoisotopic (exact) mass is 308 g/mol. The second-order valence-electron chi connectivity index (χ2n) is 3.80. The largest absolute Gasteiger partial charge is 0.495 e. The highest BCUT2D eigenvalue weighted by Crippen LogP contribution is 2.22. The molecule has 0 atom stereocenters. The van der Waals surface area contributed by atoms with Crippen molar-refractivity contribution < 1.29 is 13.2 Å². The van der Waals surface area contributed by atoms with Crippen molar-refractivity contribution in [1.82, 2.24) is 10.0 Å². The van der Waals surface area contributed by atoms with Crippen molar-refractivity contribution in [3.63, 3.8) is 0 Å². The van der Waals surface area contributed by atoms with Gasteiger partial charge in [0.15, 0.2) is 0 Å². The van der Waals surface area contributed by atoms with Crippen LogP contribution in [0.5, 0.6) is 5.75 Å². The maximum absolute atomic E-state index is 12.0. The van der Waals surface area contributed by atoms with Gasteiger partial charge in [0.05, 0.1) is 7.11 Å². The van der Waals surface area contributed by atoms with Gasteiger partial charge in [-0.15, -0.1) is 12.4 Å². The van der Waals surface area contributed by atoms with Gasteiger partial charge in [0.25, 0.3) is 0 Å². The van der Waals surface area contributed by atoms with Crippen LogP contribution in [0.1, 0.15) is 13.3 Å². The average molecular weight is 309 g/mol. The van der Waals surface area contributed by atoms with E-state index in [4.69, 9.17) is 4.74 Å². The molecule has 7 heteroatoms. The van der Waals surface area contributed by atoms with E-state index >= 15 is 0 Å². The molecule has 0 amide bonds. The molecular formula is C12H21ClN2O3S. The Morgan fingerprint density at radius 1 is 1.16 bits per heavy atom. The minimum atomic E-state index is -3.51. The Morgan fingerprint density at radius 2 is 1.84 bits per heavy atom. The lowest BCUT2D eigenvalue weighted by Crippen LogP contribution is -2.32. The summed E-state index contributed by atoms with van der Waals surface area (Å²) >= 11 is 0. The molecule has 0 aliphatic rings. The molecule has 0 fully saturated rings. The summed E-state index contributed by atoms with van der Waals surface area (Å²) < 4.78 is 31.6. The fraction of sp³-hybridized carbons (Fsp3) is 0.500. The Bertz CT molecular complexity index is 466. The van der Waals surface area contributed by atoms with Crippen LogP contribution >= 0.6 is 12.4 Å². The van der Waals surface area contributed by atoms with Crippen LogP contribution in [-0.2, 0) is 10.0 Å². The van der Waals surface area contributed by atoms with Crippen molar-refractivity contribution in [3.8, 4) is 5.75 Å². The van der Waals surface area contributed by atoms with Crippen LogP contribution in [-0.4, -0.2) is 35.2 Å². The summed E-state index contributed by atoms with van der Waals surface area (Å²) in [6.45, 7) is 3.92. The van der Waals surface area contributed by atoms with Gasteiger partial charge in [-0.1, -0.05) is 19.1 Å². The molecule has 0 bridgehead atoms. The van der Waals surface area contributed by atoms with Gasteiger partial charge < -0.3 is 10.1 Å². The third-order valence-corrected chi connectivity index (χ3v) is 3.88. The number of ether oxygens (including phenoxy) is 1. The number of benzene rings is 1. The lowest BCUT2D eigenvalue weighted by atomic mass is 10.3. The highest BCUT2D eigenvalue weighted by Gasteiger charge is 2.17. The summed E-state index contributed by atoms with van der Waals surface area (Å²) in [5, 5.41) is 3.13. The number of para-hydroxylation sites is 1. The van der Waals surface area contributed by atoms with E-state index in [9.17, 15) is 8.42 Å². The van der Waals surface area contributed by atoms with Crippen LogP contribution in [0.25, 0.3) is 0 Å². The molecule has 2 N–H and O–H groups in total. The quantitative estimate of drug-likeness (QED) is 0.712. The number of hydrogen-bond donors (Lipinski definition) is 2. The molecule has 5 nitrogen and oxygen atoms in total. The lowest BCUT2D eigenvalue weighted by Gasteiger charge is -2.10. The van der Waals surface area contributed by atoms with Crippen LogP contribution in [0, 0.1) is 0 Å². The lowest BCUT2D eigenvalue weighted by molar-refractivity contribution is 0.402. The Kier molecular flexibility index (Phi) is 8.75. The summed E-state index contributed by atoms with van der Waals surface area (Å²) in [5.74, 6) is 0.353. The molecule has 110 valence electrons. The number of hydrogen-bond acceptors (Lipinski definition) is 4. The number of methoxy groups -OCH3 is 1. The Labute approximate surface area is 121 Å². The van der Waals surface area contributed by atoms with Crippen molar-refractivity contribution in [2.45, 2.75) is 18.2 Å². The van der Waals surface area contributed by atoms with Gasteiger partial charge in [-0.05, 0) is 25.1 Å². The minimum absolute atomic E-state index is 0. The molecule has 0 saturated carbocycles. The van der Waals surface area contributed by atoms with E-state index in [2.05, 4.69) is 17.0 Å². The molecule has 1 aromatic rings. The summed E-state index contributed by atoms with van der Waals surface area (Å²) in [6.07, 6.45) is 1.03. The van der Waals surface area contributed by atoms with Crippen molar-refractivity contribution in [3.05, 3.63) is 24.3 Å². The molecule has 1 rings (SSSR count). The molecule has 0 aromatic heterocycles. The normalized spacial score (nSPS) is 10.8. The third-order valence-electron chi connectivity index (χ3n) is 2.38. The van der Waals surface area contributed by atoms with E-state index in [0.717, 1.165) is 13.0 Å². The third kappa shape index (κ3) is 5.78. The number of nitrogens with one attached hydrogen (secondary N) is 2. The SMILES string of the molecule is CCCNCCNS(=O)(=O)c1ccccc1OC.Cl. The van der Waals surface area contributed by atoms with Gasteiger partial charge in [-0.25, -0.2) is 13.1 Å². The minimum Gasteiger partial charge on any atom is -0.495 e. The van der Waals surface area contributed by atoms with Crippen molar-refractivity contribution in [1.29, 1.82) is 0 Å². The molecule has 0 unspecified atom stereocenters. The Balaban J connectivity index is 0.00000324. The molecule has 0 saturated heterocycles. The predicted octanol–water partition coefficient (Wildman–Crippen LogP) is 1.39. The van der Waals surface area contributed by atoms with E-state index in [0.29, 0.717) is 18.8 Å². The second kappa shape index (κ2) is 9.14. The molecule has 0 spiro atoms. The van der Waals surface area contributed by atoms with Crippen LogP contribution in [0.15, 0.2) is 29.2 Å². The summed E-state index contributed by atoms with van der Waals surface area (Å²) in [4.78, 5) is 0.169. The standard InChI is InChI=1S/C12H20N2O3S.ClH/c1-3-8-13-9-10-14-18(15,16)12-7-5-4-6-11(12)17-2;/h4-7,13-14H,3,8-10H2,1-2H3;1H. The van der Waals surface area contributed by atoms with Gasteiger partial charge in [-0.2, -0.15) is 0 Å². The highest BCUT2D eigenvalue weighted by molar-refractivity contribution is 7.89. The molecule has 0 radical (unpaired) electrons. The molecular weight excluding hydrogens is 288 g/mol. The fourth-order valence-corrected chi connectivity index (χ4v) is 2.69. The first kappa shape index (κ1) is 18.2. The highest BCUT2D eigenvalue weighted by atomic mass is 35.5. The zero-order chi connectivity index (χ0) is 13.4. The predicted molar refractivity (Wildman–Crippen MR) is 78.6 cm³/mol. The zero-order valence-corrected chi connectivity index (χ0v) is 12.8. The second-order valence-corrected chi connectivity index (χ2v) is 5.53. The average Bonchev–Trinajstić information content (AvgIpc) is 2.38. The molecule has 0 heterocycles. The Hall–Kier alpha value is -0.820. The first-order chi connectivity index (χ1) is 8.61. The van der Waals surface area contributed by atoms with Crippen molar-refractivity contribution in [2.75, 3.05) is 26.7 Å². The van der Waals surface area contributed by atoms with Crippen LogP contribution in [0.2, 0.25) is 0 Å². The van der Waals surface area contributed by atoms with Crippen molar-refractivity contribution in [2.24, 2.45) is 0 Å². The van der Waals surface area contributed by atoms with E-state index in [1.54, 1.807) is 18.2 Å².